The van der Waals surface area contributed by atoms with Crippen LogP contribution in [-0.4, -0.2) is 35.9 Å². The molecule has 2 heterocycles. The normalized spacial score (nSPS) is 22.1. The van der Waals surface area contributed by atoms with Crippen molar-refractivity contribution in [2.45, 2.75) is 13.1 Å². The summed E-state index contributed by atoms with van der Waals surface area (Å²) < 4.78 is 0. The molecule has 1 N–H and O–H groups in total. The molecule has 17 heavy (non-hydrogen) atoms. The summed E-state index contributed by atoms with van der Waals surface area (Å²) in [5.74, 6) is 1.86. The van der Waals surface area contributed by atoms with Gasteiger partial charge in [0.15, 0.2) is 0 Å². The van der Waals surface area contributed by atoms with Gasteiger partial charge in [-0.15, -0.1) is 11.3 Å². The van der Waals surface area contributed by atoms with Crippen molar-refractivity contribution in [2.24, 2.45) is 5.92 Å². The first kappa shape index (κ1) is 12.9. The molecule has 0 spiro atoms. The van der Waals surface area contributed by atoms with E-state index in [0.717, 1.165) is 12.3 Å². The summed E-state index contributed by atoms with van der Waals surface area (Å²) >= 11 is 3.54. The molecule has 2 unspecified atom stereocenters. The maximum atomic E-state index is 11.9. The fourth-order valence-electron chi connectivity index (χ4n) is 2.12. The molecule has 5 heteroatoms. The number of thiophene rings is 1. The van der Waals surface area contributed by atoms with E-state index in [2.05, 4.69) is 29.9 Å². The molecule has 1 aliphatic rings. The van der Waals surface area contributed by atoms with Gasteiger partial charge in [-0.1, -0.05) is 13.0 Å². The lowest BCUT2D eigenvalue weighted by Crippen LogP contribution is -2.34. The van der Waals surface area contributed by atoms with Gasteiger partial charge in [-0.25, -0.2) is 0 Å². The second-order valence-electron chi connectivity index (χ2n) is 4.41. The molecule has 1 fully saturated rings. The SMILES string of the molecule is CSCC(C)CN1C(=O)CNC1c1cccs1. The summed E-state index contributed by atoms with van der Waals surface area (Å²) in [5.41, 5.74) is 0. The molecule has 0 bridgehead atoms. The van der Waals surface area contributed by atoms with E-state index >= 15 is 0 Å². The van der Waals surface area contributed by atoms with Gasteiger partial charge in [-0.3, -0.25) is 10.1 Å². The van der Waals surface area contributed by atoms with Crippen LogP contribution in [-0.2, 0) is 4.79 Å². The van der Waals surface area contributed by atoms with Gasteiger partial charge in [0, 0.05) is 11.4 Å². The Hall–Kier alpha value is -0.520. The lowest BCUT2D eigenvalue weighted by Gasteiger charge is -2.26. The van der Waals surface area contributed by atoms with E-state index in [1.54, 1.807) is 11.3 Å². The van der Waals surface area contributed by atoms with E-state index < -0.39 is 0 Å². The van der Waals surface area contributed by atoms with Gasteiger partial charge in [0.1, 0.15) is 6.17 Å². The molecule has 0 aliphatic carbocycles. The average molecular weight is 270 g/mol. The van der Waals surface area contributed by atoms with Crippen LogP contribution in [0.15, 0.2) is 17.5 Å². The van der Waals surface area contributed by atoms with Crippen LogP contribution in [0.2, 0.25) is 0 Å². The van der Waals surface area contributed by atoms with Gasteiger partial charge < -0.3 is 4.90 Å². The first-order chi connectivity index (χ1) is 8.22. The third kappa shape index (κ3) is 3.03. The highest BCUT2D eigenvalue weighted by Gasteiger charge is 2.32. The van der Waals surface area contributed by atoms with Gasteiger partial charge in [-0.05, 0) is 29.4 Å². The Morgan fingerprint density at radius 2 is 2.53 bits per heavy atom. The molecule has 2 rings (SSSR count). The van der Waals surface area contributed by atoms with Gasteiger partial charge in [-0.2, -0.15) is 11.8 Å². The van der Waals surface area contributed by atoms with E-state index in [1.165, 1.54) is 4.88 Å². The van der Waals surface area contributed by atoms with Gasteiger partial charge in [0.05, 0.1) is 6.54 Å². The minimum atomic E-state index is 0.0896. The number of nitrogens with zero attached hydrogens (tertiary/aromatic N) is 1. The number of rotatable bonds is 5. The number of amides is 1. The Bertz CT molecular complexity index is 367. The zero-order chi connectivity index (χ0) is 12.3. The summed E-state index contributed by atoms with van der Waals surface area (Å²) in [6.45, 7) is 3.51. The van der Waals surface area contributed by atoms with Crippen LogP contribution in [0.25, 0.3) is 0 Å². The van der Waals surface area contributed by atoms with Crippen molar-refractivity contribution in [3.63, 3.8) is 0 Å². The third-order valence-corrected chi connectivity index (χ3v) is 4.68. The molecular formula is C12H18N2OS2. The van der Waals surface area contributed by atoms with Crippen molar-refractivity contribution < 1.29 is 4.79 Å². The monoisotopic (exact) mass is 270 g/mol. The average Bonchev–Trinajstić information content (AvgIpc) is 2.90. The number of thioether (sulfide) groups is 1. The molecule has 1 saturated heterocycles. The first-order valence-corrected chi connectivity index (χ1v) is 8.05. The van der Waals surface area contributed by atoms with Crippen molar-refractivity contribution >= 4 is 29.0 Å². The highest BCUT2D eigenvalue weighted by atomic mass is 32.2. The second-order valence-corrected chi connectivity index (χ2v) is 6.30. The number of hydrogen-bond acceptors (Lipinski definition) is 4. The predicted molar refractivity (Wildman–Crippen MR) is 74.3 cm³/mol. The van der Waals surface area contributed by atoms with Crippen LogP contribution in [0.3, 0.4) is 0 Å². The first-order valence-electron chi connectivity index (χ1n) is 5.77. The molecule has 1 aromatic rings. The summed E-state index contributed by atoms with van der Waals surface area (Å²) in [6, 6.07) is 4.13. The Morgan fingerprint density at radius 1 is 1.71 bits per heavy atom. The fourth-order valence-corrected chi connectivity index (χ4v) is 3.61. The van der Waals surface area contributed by atoms with E-state index in [-0.39, 0.29) is 12.1 Å². The highest BCUT2D eigenvalue weighted by Crippen LogP contribution is 2.27. The number of nitrogens with one attached hydrogen (secondary N) is 1. The van der Waals surface area contributed by atoms with E-state index in [4.69, 9.17) is 0 Å². The number of carbonyl (C=O) groups excluding carboxylic acids is 1. The summed E-state index contributed by atoms with van der Waals surface area (Å²) in [4.78, 5) is 15.1. The molecule has 94 valence electrons. The van der Waals surface area contributed by atoms with Crippen molar-refractivity contribution in [1.82, 2.24) is 10.2 Å². The van der Waals surface area contributed by atoms with Gasteiger partial charge >= 0.3 is 0 Å². The van der Waals surface area contributed by atoms with Crippen LogP contribution in [0, 0.1) is 5.92 Å². The van der Waals surface area contributed by atoms with Crippen LogP contribution < -0.4 is 5.32 Å². The lowest BCUT2D eigenvalue weighted by atomic mass is 10.2. The van der Waals surface area contributed by atoms with E-state index in [1.807, 2.05) is 22.7 Å². The van der Waals surface area contributed by atoms with Crippen molar-refractivity contribution in [3.05, 3.63) is 22.4 Å². The largest absolute Gasteiger partial charge is 0.321 e. The molecule has 1 aliphatic heterocycles. The minimum Gasteiger partial charge on any atom is -0.321 e. The summed E-state index contributed by atoms with van der Waals surface area (Å²) in [7, 11) is 0. The topological polar surface area (TPSA) is 32.3 Å². The second kappa shape index (κ2) is 5.89. The molecule has 0 saturated carbocycles. The van der Waals surface area contributed by atoms with E-state index in [0.29, 0.717) is 12.5 Å². The number of carbonyl (C=O) groups is 1. The van der Waals surface area contributed by atoms with E-state index in [9.17, 15) is 4.79 Å². The van der Waals surface area contributed by atoms with Gasteiger partial charge in [0.25, 0.3) is 0 Å². The van der Waals surface area contributed by atoms with Gasteiger partial charge in [0.2, 0.25) is 5.91 Å². The molecular weight excluding hydrogens is 252 g/mol. The zero-order valence-corrected chi connectivity index (χ0v) is 11.8. The van der Waals surface area contributed by atoms with Crippen molar-refractivity contribution in [1.29, 1.82) is 0 Å². The Labute approximate surface area is 111 Å². The number of hydrogen-bond donors (Lipinski definition) is 1. The molecule has 2 atom stereocenters. The minimum absolute atomic E-state index is 0.0896. The standard InChI is InChI=1S/C12H18N2OS2/c1-9(8-16-2)7-14-11(15)6-13-12(14)10-4-3-5-17-10/h3-5,9,12-13H,6-8H2,1-2H3. The Balaban J connectivity index is 2.04. The van der Waals surface area contributed by atoms with Crippen LogP contribution >= 0.6 is 23.1 Å². The van der Waals surface area contributed by atoms with Crippen LogP contribution in [0.1, 0.15) is 18.0 Å². The van der Waals surface area contributed by atoms with Crippen molar-refractivity contribution in [3.8, 4) is 0 Å². The molecule has 3 nitrogen and oxygen atoms in total. The van der Waals surface area contributed by atoms with Crippen LogP contribution in [0.4, 0.5) is 0 Å². The lowest BCUT2D eigenvalue weighted by molar-refractivity contribution is -0.128. The zero-order valence-electron chi connectivity index (χ0n) is 10.2. The highest BCUT2D eigenvalue weighted by molar-refractivity contribution is 7.98. The fraction of sp³-hybridized carbons (Fsp3) is 0.583. The van der Waals surface area contributed by atoms with Crippen molar-refractivity contribution in [2.75, 3.05) is 25.1 Å². The summed E-state index contributed by atoms with van der Waals surface area (Å²) in [6.07, 6.45) is 2.20. The predicted octanol–water partition coefficient (Wildman–Crippen LogP) is 2.18. The molecule has 1 amide bonds. The summed E-state index contributed by atoms with van der Waals surface area (Å²) in [5, 5.41) is 5.35. The molecule has 0 aromatic carbocycles. The van der Waals surface area contributed by atoms with Crippen LogP contribution in [0.5, 0.6) is 0 Å². The Morgan fingerprint density at radius 3 is 3.18 bits per heavy atom. The third-order valence-electron chi connectivity index (χ3n) is 2.85. The molecule has 1 aromatic heterocycles. The maximum Gasteiger partial charge on any atom is 0.238 e. The smallest absolute Gasteiger partial charge is 0.238 e. The Kier molecular flexibility index (Phi) is 4.48. The maximum absolute atomic E-state index is 11.9. The quantitative estimate of drug-likeness (QED) is 0.890. The molecule has 0 radical (unpaired) electrons.